The lowest BCUT2D eigenvalue weighted by Crippen LogP contribution is -2.41. The second kappa shape index (κ2) is 4.08. The molecule has 3 amide bonds. The zero-order valence-corrected chi connectivity index (χ0v) is 8.10. The SMILES string of the molecule is O=C1CN(CC(F)(F)F)C(=O)N1CC(F)(F)F. The lowest BCUT2D eigenvalue weighted by atomic mass is 10.5. The minimum Gasteiger partial charge on any atom is -0.306 e. The number of hydrogen-bond donors (Lipinski definition) is 0. The number of halogens is 6. The Morgan fingerprint density at radius 3 is 1.82 bits per heavy atom. The molecule has 0 aromatic carbocycles. The Balaban J connectivity index is 2.72. The molecule has 1 aliphatic rings. The smallest absolute Gasteiger partial charge is 0.306 e. The molecule has 0 aromatic rings. The van der Waals surface area contributed by atoms with Crippen LogP contribution in [0.25, 0.3) is 0 Å². The average molecular weight is 264 g/mol. The predicted molar refractivity (Wildman–Crippen MR) is 40.8 cm³/mol. The highest BCUT2D eigenvalue weighted by molar-refractivity contribution is 6.02. The Bertz CT molecular complexity index is 336. The first-order valence-corrected chi connectivity index (χ1v) is 4.22. The number of imide groups is 1. The lowest BCUT2D eigenvalue weighted by Gasteiger charge is -2.19. The van der Waals surface area contributed by atoms with Crippen molar-refractivity contribution in [3.8, 4) is 0 Å². The van der Waals surface area contributed by atoms with E-state index in [9.17, 15) is 35.9 Å². The molecular formula is C7H6F6N2O2. The van der Waals surface area contributed by atoms with E-state index in [0.717, 1.165) is 0 Å². The third-order valence-corrected chi connectivity index (χ3v) is 1.84. The Morgan fingerprint density at radius 1 is 0.941 bits per heavy atom. The number of rotatable bonds is 2. The summed E-state index contributed by atoms with van der Waals surface area (Å²) in [5.74, 6) is -1.29. The molecule has 0 unspecified atom stereocenters. The van der Waals surface area contributed by atoms with Crippen LogP contribution in [0, 0.1) is 0 Å². The van der Waals surface area contributed by atoms with Crippen molar-refractivity contribution in [2.45, 2.75) is 12.4 Å². The van der Waals surface area contributed by atoms with Gasteiger partial charge in [0.15, 0.2) is 0 Å². The molecule has 1 heterocycles. The number of carbonyl (C=O) groups is 2. The van der Waals surface area contributed by atoms with Crippen LogP contribution < -0.4 is 0 Å². The molecule has 0 saturated carbocycles. The molecule has 1 fully saturated rings. The van der Waals surface area contributed by atoms with Gasteiger partial charge in [0.05, 0.1) is 0 Å². The fourth-order valence-corrected chi connectivity index (χ4v) is 1.27. The Hall–Kier alpha value is -1.48. The van der Waals surface area contributed by atoms with Gasteiger partial charge in [-0.15, -0.1) is 0 Å². The number of carbonyl (C=O) groups excluding carboxylic acids is 2. The molecule has 10 heteroatoms. The van der Waals surface area contributed by atoms with Gasteiger partial charge in [0.25, 0.3) is 5.91 Å². The van der Waals surface area contributed by atoms with E-state index in [1.807, 2.05) is 0 Å². The van der Waals surface area contributed by atoms with Crippen LogP contribution in [0.3, 0.4) is 0 Å². The Morgan fingerprint density at radius 2 is 1.41 bits per heavy atom. The van der Waals surface area contributed by atoms with Crippen molar-refractivity contribution in [1.82, 2.24) is 9.80 Å². The maximum absolute atomic E-state index is 11.9. The van der Waals surface area contributed by atoms with Crippen molar-refractivity contribution in [2.24, 2.45) is 0 Å². The van der Waals surface area contributed by atoms with Crippen LogP contribution in [0.2, 0.25) is 0 Å². The van der Waals surface area contributed by atoms with Gasteiger partial charge in [0, 0.05) is 0 Å². The molecule has 0 radical (unpaired) electrons. The zero-order valence-electron chi connectivity index (χ0n) is 8.10. The summed E-state index contributed by atoms with van der Waals surface area (Å²) < 4.78 is 71.6. The van der Waals surface area contributed by atoms with Crippen LogP contribution in [-0.2, 0) is 4.79 Å². The molecule has 1 rings (SSSR count). The summed E-state index contributed by atoms with van der Waals surface area (Å²) in [6, 6.07) is -1.58. The summed E-state index contributed by atoms with van der Waals surface area (Å²) in [4.78, 5) is 21.8. The quantitative estimate of drug-likeness (QED) is 0.558. The first kappa shape index (κ1) is 13.6. The van der Waals surface area contributed by atoms with E-state index in [2.05, 4.69) is 0 Å². The van der Waals surface area contributed by atoms with Gasteiger partial charge < -0.3 is 4.90 Å². The van der Waals surface area contributed by atoms with E-state index in [0.29, 0.717) is 0 Å². The molecule has 0 spiro atoms. The molecule has 98 valence electrons. The number of urea groups is 1. The first-order valence-electron chi connectivity index (χ1n) is 4.22. The summed E-state index contributed by atoms with van der Waals surface area (Å²) >= 11 is 0. The third kappa shape index (κ3) is 3.79. The van der Waals surface area contributed by atoms with Gasteiger partial charge in [-0.1, -0.05) is 0 Å². The minimum absolute atomic E-state index is 0.0219. The summed E-state index contributed by atoms with van der Waals surface area (Å²) in [5, 5.41) is 0. The maximum Gasteiger partial charge on any atom is 0.406 e. The zero-order chi connectivity index (χ0) is 13.4. The summed E-state index contributed by atoms with van der Waals surface area (Å²) in [7, 11) is 0. The van der Waals surface area contributed by atoms with Crippen LogP contribution >= 0.6 is 0 Å². The molecule has 1 saturated heterocycles. The number of alkyl halides is 6. The van der Waals surface area contributed by atoms with Crippen molar-refractivity contribution in [1.29, 1.82) is 0 Å². The van der Waals surface area contributed by atoms with Crippen LogP contribution in [0.1, 0.15) is 0 Å². The fraction of sp³-hybridized carbons (Fsp3) is 0.714. The van der Waals surface area contributed by atoms with Crippen LogP contribution in [0.4, 0.5) is 31.1 Å². The minimum atomic E-state index is -4.83. The summed E-state index contributed by atoms with van der Waals surface area (Å²) in [5.41, 5.74) is 0. The van der Waals surface area contributed by atoms with Crippen molar-refractivity contribution < 1.29 is 35.9 Å². The van der Waals surface area contributed by atoms with E-state index in [1.54, 1.807) is 0 Å². The van der Waals surface area contributed by atoms with E-state index >= 15 is 0 Å². The molecule has 0 N–H and O–H groups in total. The van der Waals surface area contributed by atoms with Gasteiger partial charge in [-0.05, 0) is 0 Å². The highest BCUT2D eigenvalue weighted by Gasteiger charge is 2.46. The number of amides is 3. The Kier molecular flexibility index (Phi) is 3.26. The van der Waals surface area contributed by atoms with Crippen LogP contribution in [0.15, 0.2) is 0 Å². The maximum atomic E-state index is 11.9. The third-order valence-electron chi connectivity index (χ3n) is 1.84. The number of hydrogen-bond acceptors (Lipinski definition) is 2. The highest BCUT2D eigenvalue weighted by atomic mass is 19.4. The molecule has 0 aromatic heterocycles. The van der Waals surface area contributed by atoms with Crippen molar-refractivity contribution in [3.63, 3.8) is 0 Å². The second-order valence-electron chi connectivity index (χ2n) is 3.35. The van der Waals surface area contributed by atoms with Gasteiger partial charge in [0.2, 0.25) is 0 Å². The summed E-state index contributed by atoms with van der Waals surface area (Å²) in [6.45, 7) is -4.61. The molecule has 0 aliphatic carbocycles. The van der Waals surface area contributed by atoms with E-state index in [4.69, 9.17) is 0 Å². The molecule has 0 atom stereocenters. The molecule has 1 aliphatic heterocycles. The van der Waals surface area contributed by atoms with Gasteiger partial charge in [-0.25, -0.2) is 4.79 Å². The normalized spacial score (nSPS) is 18.2. The van der Waals surface area contributed by atoms with Crippen molar-refractivity contribution >= 4 is 11.9 Å². The number of nitrogens with zero attached hydrogens (tertiary/aromatic N) is 2. The van der Waals surface area contributed by atoms with E-state index in [-0.39, 0.29) is 9.80 Å². The van der Waals surface area contributed by atoms with E-state index < -0.39 is 43.9 Å². The second-order valence-corrected chi connectivity index (χ2v) is 3.35. The molecule has 0 bridgehead atoms. The topological polar surface area (TPSA) is 40.6 Å². The highest BCUT2D eigenvalue weighted by Crippen LogP contribution is 2.23. The van der Waals surface area contributed by atoms with Gasteiger partial charge >= 0.3 is 18.4 Å². The predicted octanol–water partition coefficient (Wildman–Crippen LogP) is 1.38. The summed E-state index contributed by atoms with van der Waals surface area (Å²) in [6.07, 6.45) is -9.59. The monoisotopic (exact) mass is 264 g/mol. The Labute approximate surface area is 90.8 Å². The van der Waals surface area contributed by atoms with Crippen LogP contribution in [0.5, 0.6) is 0 Å². The lowest BCUT2D eigenvalue weighted by molar-refractivity contribution is -0.151. The van der Waals surface area contributed by atoms with Gasteiger partial charge in [-0.2, -0.15) is 26.3 Å². The largest absolute Gasteiger partial charge is 0.406 e. The average Bonchev–Trinajstić information content (AvgIpc) is 2.27. The van der Waals surface area contributed by atoms with Crippen LogP contribution in [-0.4, -0.2) is 53.7 Å². The molecule has 17 heavy (non-hydrogen) atoms. The van der Waals surface area contributed by atoms with Gasteiger partial charge in [0.1, 0.15) is 19.6 Å². The standard InChI is InChI=1S/C7H6F6N2O2/c8-6(9,10)2-14-1-4(16)15(5(14)17)3-7(11,12)13/h1-3H2. The van der Waals surface area contributed by atoms with Crippen molar-refractivity contribution in [3.05, 3.63) is 0 Å². The van der Waals surface area contributed by atoms with Crippen molar-refractivity contribution in [2.75, 3.05) is 19.6 Å². The van der Waals surface area contributed by atoms with Gasteiger partial charge in [-0.3, -0.25) is 9.69 Å². The fourth-order valence-electron chi connectivity index (χ4n) is 1.27. The molecule has 4 nitrogen and oxygen atoms in total. The van der Waals surface area contributed by atoms with E-state index in [1.165, 1.54) is 0 Å². The molecular weight excluding hydrogens is 258 g/mol. The first-order chi connectivity index (χ1) is 7.49.